The second-order valence-electron chi connectivity index (χ2n) is 9.23. The molecule has 3 N–H and O–H groups in total. The van der Waals surface area contributed by atoms with E-state index in [4.69, 9.17) is 5.73 Å². The smallest absolute Gasteiger partial charge is 0.0507 e. The van der Waals surface area contributed by atoms with Crippen molar-refractivity contribution in [3.63, 3.8) is 0 Å². The summed E-state index contributed by atoms with van der Waals surface area (Å²) in [5, 5.41) is 3.29. The van der Waals surface area contributed by atoms with Crippen LogP contribution in [0.2, 0.25) is 0 Å². The maximum Gasteiger partial charge on any atom is 0.0507 e. The highest BCUT2D eigenvalue weighted by Gasteiger charge is 2.38. The van der Waals surface area contributed by atoms with Gasteiger partial charge in [-0.25, -0.2) is 0 Å². The van der Waals surface area contributed by atoms with Gasteiger partial charge >= 0.3 is 0 Å². The van der Waals surface area contributed by atoms with Crippen LogP contribution in [0.5, 0.6) is 0 Å². The Bertz CT molecular complexity index is 566. The lowest BCUT2D eigenvalue weighted by atomic mass is 9.80. The molecule has 0 aromatic carbocycles. The molecule has 5 nitrogen and oxygen atoms in total. The number of likely N-dealkylation sites (tertiary alicyclic amines) is 1. The Kier molecular flexibility index (Phi) is 10.5. The second kappa shape index (κ2) is 12.1. The highest BCUT2D eigenvalue weighted by Crippen LogP contribution is 2.39. The molecular weight excluding hydrogens is 358 g/mol. The summed E-state index contributed by atoms with van der Waals surface area (Å²) >= 11 is 0. The van der Waals surface area contributed by atoms with Crippen molar-refractivity contribution in [2.24, 2.45) is 17.1 Å². The van der Waals surface area contributed by atoms with Gasteiger partial charge in [0.2, 0.25) is 0 Å². The average molecular weight is 404 g/mol. The molecule has 1 saturated heterocycles. The van der Waals surface area contributed by atoms with E-state index in [0.29, 0.717) is 5.92 Å². The molecule has 0 saturated carbocycles. The predicted octanol–water partition coefficient (Wildman–Crippen LogP) is 3.25. The van der Waals surface area contributed by atoms with Crippen LogP contribution in [0.25, 0.3) is 0 Å². The highest BCUT2D eigenvalue weighted by molar-refractivity contribution is 5.16. The molecule has 0 bridgehead atoms. The SMILES string of the molecule is C=CNCCC1(CCN(C)C(C(=C)N)C(C)C)CCN(C(=C)/C=C/CN(C)C)C1. The maximum atomic E-state index is 6.09. The summed E-state index contributed by atoms with van der Waals surface area (Å²) in [6, 6.07) is 0.222. The molecular formula is C24H45N5. The number of allylic oxidation sites excluding steroid dienone is 1. The third-order valence-electron chi connectivity index (χ3n) is 6.05. The lowest BCUT2D eigenvalue weighted by Crippen LogP contribution is -2.42. The van der Waals surface area contributed by atoms with Gasteiger partial charge in [0.05, 0.1) is 6.04 Å². The lowest BCUT2D eigenvalue weighted by molar-refractivity contribution is 0.164. The van der Waals surface area contributed by atoms with Crippen LogP contribution in [0.3, 0.4) is 0 Å². The van der Waals surface area contributed by atoms with Gasteiger partial charge < -0.3 is 20.9 Å². The van der Waals surface area contributed by atoms with Crippen molar-refractivity contribution in [3.8, 4) is 0 Å². The molecule has 0 spiro atoms. The zero-order valence-electron chi connectivity index (χ0n) is 19.6. The molecule has 1 aliphatic heterocycles. The van der Waals surface area contributed by atoms with Crippen LogP contribution in [-0.4, -0.2) is 74.6 Å². The number of nitrogens with zero attached hydrogens (tertiary/aromatic N) is 3. The summed E-state index contributed by atoms with van der Waals surface area (Å²) in [4.78, 5) is 6.98. The molecule has 1 heterocycles. The molecule has 0 aliphatic carbocycles. The Hall–Kier alpha value is -1.72. The van der Waals surface area contributed by atoms with Crippen LogP contribution < -0.4 is 11.1 Å². The minimum Gasteiger partial charge on any atom is -0.401 e. The largest absolute Gasteiger partial charge is 0.401 e. The fourth-order valence-electron chi connectivity index (χ4n) is 4.43. The molecule has 0 aromatic heterocycles. The van der Waals surface area contributed by atoms with Gasteiger partial charge in [-0.15, -0.1) is 0 Å². The van der Waals surface area contributed by atoms with Crippen molar-refractivity contribution >= 4 is 0 Å². The van der Waals surface area contributed by atoms with Crippen LogP contribution in [-0.2, 0) is 0 Å². The van der Waals surface area contributed by atoms with E-state index in [1.54, 1.807) is 6.20 Å². The minimum absolute atomic E-state index is 0.222. The predicted molar refractivity (Wildman–Crippen MR) is 127 cm³/mol. The van der Waals surface area contributed by atoms with Gasteiger partial charge in [0.25, 0.3) is 0 Å². The van der Waals surface area contributed by atoms with E-state index in [0.717, 1.165) is 57.0 Å². The van der Waals surface area contributed by atoms with Crippen LogP contribution in [0.1, 0.15) is 33.1 Å². The summed E-state index contributed by atoms with van der Waals surface area (Å²) in [6.45, 7) is 21.6. The van der Waals surface area contributed by atoms with Crippen molar-refractivity contribution in [2.75, 3.05) is 53.9 Å². The van der Waals surface area contributed by atoms with Gasteiger partial charge in [-0.05, 0) is 70.6 Å². The third kappa shape index (κ3) is 8.27. The Labute approximate surface area is 180 Å². The molecule has 166 valence electrons. The first-order valence-electron chi connectivity index (χ1n) is 10.9. The van der Waals surface area contributed by atoms with Gasteiger partial charge in [-0.3, -0.25) is 4.90 Å². The molecule has 2 atom stereocenters. The van der Waals surface area contributed by atoms with Crippen LogP contribution in [0.15, 0.2) is 49.5 Å². The Morgan fingerprint density at radius 1 is 1.24 bits per heavy atom. The Morgan fingerprint density at radius 3 is 2.48 bits per heavy atom. The first kappa shape index (κ1) is 25.3. The van der Waals surface area contributed by atoms with E-state index in [-0.39, 0.29) is 11.5 Å². The molecule has 29 heavy (non-hydrogen) atoms. The number of hydrogen-bond acceptors (Lipinski definition) is 5. The average Bonchev–Trinajstić information content (AvgIpc) is 3.04. The standard InChI is InChI=1S/C24H45N5/c1-9-26-15-12-24(13-17-28(8)23(20(2)3)22(5)25)14-18-29(19-24)21(4)11-10-16-27(6)7/h9-11,20,23,26H,1,4-5,12-19,25H2,2-3,6-8H3/b11-10+. The Balaban J connectivity index is 2.79. The Morgan fingerprint density at radius 2 is 1.93 bits per heavy atom. The topological polar surface area (TPSA) is 47.8 Å². The quantitative estimate of drug-likeness (QED) is 0.344. The van der Waals surface area contributed by atoms with E-state index in [2.05, 4.69) is 86.9 Å². The molecule has 1 fully saturated rings. The second-order valence-corrected chi connectivity index (χ2v) is 9.23. The summed E-state index contributed by atoms with van der Waals surface area (Å²) in [6.07, 6.45) is 9.61. The fraction of sp³-hybridized carbons (Fsp3) is 0.667. The number of hydrogen-bond donors (Lipinski definition) is 2. The van der Waals surface area contributed by atoms with E-state index in [9.17, 15) is 0 Å². The number of nitrogens with two attached hydrogens (primary N) is 1. The number of rotatable bonds is 14. The van der Waals surface area contributed by atoms with Crippen molar-refractivity contribution < 1.29 is 0 Å². The normalized spacial score (nSPS) is 20.8. The van der Waals surface area contributed by atoms with E-state index in [1.165, 1.54) is 6.42 Å². The van der Waals surface area contributed by atoms with Gasteiger partial charge in [0.1, 0.15) is 0 Å². The van der Waals surface area contributed by atoms with Crippen LogP contribution in [0, 0.1) is 11.3 Å². The van der Waals surface area contributed by atoms with E-state index in [1.807, 2.05) is 0 Å². The first-order valence-corrected chi connectivity index (χ1v) is 10.9. The number of nitrogens with one attached hydrogen (secondary N) is 1. The monoisotopic (exact) mass is 403 g/mol. The number of likely N-dealkylation sites (N-methyl/N-ethyl adjacent to an activating group) is 2. The zero-order chi connectivity index (χ0) is 22.0. The maximum absolute atomic E-state index is 6.09. The van der Waals surface area contributed by atoms with Gasteiger partial charge in [0, 0.05) is 37.6 Å². The van der Waals surface area contributed by atoms with Crippen LogP contribution >= 0.6 is 0 Å². The molecule has 1 aliphatic rings. The van der Waals surface area contributed by atoms with Gasteiger partial charge in [-0.1, -0.05) is 39.7 Å². The van der Waals surface area contributed by atoms with Gasteiger partial charge in [-0.2, -0.15) is 0 Å². The summed E-state index contributed by atoms with van der Waals surface area (Å²) in [5.41, 5.74) is 8.25. The molecule has 1 rings (SSSR count). The highest BCUT2D eigenvalue weighted by atomic mass is 15.2. The first-order chi connectivity index (χ1) is 13.6. The van der Waals surface area contributed by atoms with Crippen molar-refractivity contribution in [1.29, 1.82) is 0 Å². The zero-order valence-corrected chi connectivity index (χ0v) is 19.6. The van der Waals surface area contributed by atoms with Gasteiger partial charge in [0.15, 0.2) is 0 Å². The summed E-state index contributed by atoms with van der Waals surface area (Å²) < 4.78 is 0. The molecule has 0 amide bonds. The molecule has 0 aromatic rings. The van der Waals surface area contributed by atoms with Crippen molar-refractivity contribution in [1.82, 2.24) is 20.0 Å². The fourth-order valence-corrected chi connectivity index (χ4v) is 4.43. The van der Waals surface area contributed by atoms with Crippen molar-refractivity contribution in [3.05, 3.63) is 49.5 Å². The van der Waals surface area contributed by atoms with Crippen LogP contribution in [0.4, 0.5) is 0 Å². The van der Waals surface area contributed by atoms with E-state index < -0.39 is 0 Å². The summed E-state index contributed by atoms with van der Waals surface area (Å²) in [7, 11) is 6.34. The molecule has 5 heteroatoms. The van der Waals surface area contributed by atoms with Crippen molar-refractivity contribution in [2.45, 2.75) is 39.2 Å². The van der Waals surface area contributed by atoms with E-state index >= 15 is 0 Å². The minimum atomic E-state index is 0.222. The molecule has 2 unspecified atom stereocenters. The molecule has 0 radical (unpaired) electrons. The lowest BCUT2D eigenvalue weighted by Gasteiger charge is -2.36. The summed E-state index contributed by atoms with van der Waals surface area (Å²) in [5.74, 6) is 0.456. The third-order valence-corrected chi connectivity index (χ3v) is 6.05.